The summed E-state index contributed by atoms with van der Waals surface area (Å²) >= 11 is 0. The number of hydrogen-bond acceptors (Lipinski definition) is 4. The lowest BCUT2D eigenvalue weighted by Gasteiger charge is -2.21. The molecular formula is C16H17N3O3. The molecule has 1 amide bonds. The smallest absolute Gasteiger partial charge is 0.325 e. The van der Waals surface area contributed by atoms with Crippen LogP contribution in [-0.4, -0.2) is 46.0 Å². The van der Waals surface area contributed by atoms with Crippen molar-refractivity contribution in [2.45, 2.75) is 18.9 Å². The third-order valence-corrected chi connectivity index (χ3v) is 3.69. The van der Waals surface area contributed by atoms with Crippen LogP contribution in [-0.2, 0) is 9.53 Å². The minimum atomic E-state index is -0.393. The number of methoxy groups -OCH3 is 1. The number of nitrogens with zero attached hydrogens (tertiary/aromatic N) is 3. The van der Waals surface area contributed by atoms with Crippen molar-refractivity contribution >= 4 is 11.9 Å². The highest BCUT2D eigenvalue weighted by Gasteiger charge is 2.34. The van der Waals surface area contributed by atoms with Gasteiger partial charge in [-0.2, -0.15) is 0 Å². The lowest BCUT2D eigenvalue weighted by molar-refractivity contribution is -0.141. The molecule has 114 valence electrons. The average Bonchev–Trinajstić information content (AvgIpc) is 3.25. The van der Waals surface area contributed by atoms with Gasteiger partial charge in [0.25, 0.3) is 5.91 Å². The molecule has 1 aromatic carbocycles. The SMILES string of the molecule is COC(=O)CN(C(=O)c1ccc(-n2ccnc2)cc1)C1CC1. The lowest BCUT2D eigenvalue weighted by Crippen LogP contribution is -2.37. The second-order valence-corrected chi connectivity index (χ2v) is 5.26. The van der Waals surface area contributed by atoms with Crippen LogP contribution in [0, 0.1) is 0 Å². The van der Waals surface area contributed by atoms with Crippen LogP contribution in [0.2, 0.25) is 0 Å². The maximum Gasteiger partial charge on any atom is 0.325 e. The molecule has 0 bridgehead atoms. The van der Waals surface area contributed by atoms with Crippen LogP contribution in [0.3, 0.4) is 0 Å². The third-order valence-electron chi connectivity index (χ3n) is 3.69. The zero-order chi connectivity index (χ0) is 15.5. The number of imidazole rings is 1. The van der Waals surface area contributed by atoms with Gasteiger partial charge in [-0.05, 0) is 37.1 Å². The fraction of sp³-hybridized carbons (Fsp3) is 0.312. The van der Waals surface area contributed by atoms with Gasteiger partial charge in [0.2, 0.25) is 0 Å². The zero-order valence-electron chi connectivity index (χ0n) is 12.3. The Morgan fingerprint density at radius 2 is 2.05 bits per heavy atom. The first-order chi connectivity index (χ1) is 10.7. The topological polar surface area (TPSA) is 64.4 Å². The molecule has 0 N–H and O–H groups in total. The van der Waals surface area contributed by atoms with Gasteiger partial charge in [0.1, 0.15) is 6.54 Å². The fourth-order valence-corrected chi connectivity index (χ4v) is 2.31. The summed E-state index contributed by atoms with van der Waals surface area (Å²) in [5.74, 6) is -0.527. The van der Waals surface area contributed by atoms with Crippen LogP contribution < -0.4 is 0 Å². The fourth-order valence-electron chi connectivity index (χ4n) is 2.31. The second kappa shape index (κ2) is 6.01. The maximum atomic E-state index is 12.6. The molecule has 1 fully saturated rings. The van der Waals surface area contributed by atoms with E-state index in [1.54, 1.807) is 29.6 Å². The Bertz CT molecular complexity index is 660. The van der Waals surface area contributed by atoms with Gasteiger partial charge in [0.05, 0.1) is 13.4 Å². The highest BCUT2D eigenvalue weighted by molar-refractivity contribution is 5.96. The van der Waals surface area contributed by atoms with Crippen LogP contribution in [0.1, 0.15) is 23.2 Å². The standard InChI is InChI=1S/C16H17N3O3/c1-22-15(20)10-19(14-6-7-14)16(21)12-2-4-13(5-3-12)18-9-8-17-11-18/h2-5,8-9,11,14H,6-7,10H2,1H3. The van der Waals surface area contributed by atoms with Crippen molar-refractivity contribution < 1.29 is 14.3 Å². The molecule has 0 radical (unpaired) electrons. The van der Waals surface area contributed by atoms with Gasteiger partial charge in [-0.3, -0.25) is 9.59 Å². The summed E-state index contributed by atoms with van der Waals surface area (Å²) in [4.78, 5) is 29.6. The third kappa shape index (κ3) is 3.00. The summed E-state index contributed by atoms with van der Waals surface area (Å²) in [5, 5.41) is 0. The Labute approximate surface area is 128 Å². The zero-order valence-corrected chi connectivity index (χ0v) is 12.3. The van der Waals surface area contributed by atoms with Gasteiger partial charge in [-0.25, -0.2) is 4.98 Å². The van der Waals surface area contributed by atoms with E-state index < -0.39 is 5.97 Å². The van der Waals surface area contributed by atoms with E-state index in [4.69, 9.17) is 0 Å². The summed E-state index contributed by atoms with van der Waals surface area (Å²) in [5.41, 5.74) is 1.50. The van der Waals surface area contributed by atoms with E-state index in [9.17, 15) is 9.59 Å². The number of hydrogen-bond donors (Lipinski definition) is 0. The van der Waals surface area contributed by atoms with E-state index in [2.05, 4.69) is 9.72 Å². The molecule has 6 heteroatoms. The first-order valence-corrected chi connectivity index (χ1v) is 7.15. The van der Waals surface area contributed by atoms with Crippen LogP contribution in [0.15, 0.2) is 43.0 Å². The van der Waals surface area contributed by atoms with Gasteiger partial charge in [-0.15, -0.1) is 0 Å². The Kier molecular flexibility index (Phi) is 3.91. The van der Waals surface area contributed by atoms with Crippen LogP contribution in [0.4, 0.5) is 0 Å². The van der Waals surface area contributed by atoms with E-state index in [1.165, 1.54) is 7.11 Å². The highest BCUT2D eigenvalue weighted by Crippen LogP contribution is 2.28. The summed E-state index contributed by atoms with van der Waals surface area (Å²) in [7, 11) is 1.33. The van der Waals surface area contributed by atoms with Crippen molar-refractivity contribution in [2.24, 2.45) is 0 Å². The maximum absolute atomic E-state index is 12.6. The van der Waals surface area contributed by atoms with Gasteiger partial charge < -0.3 is 14.2 Å². The number of aromatic nitrogens is 2. The number of amides is 1. The van der Waals surface area contributed by atoms with Crippen LogP contribution >= 0.6 is 0 Å². The molecule has 0 saturated heterocycles. The summed E-state index contributed by atoms with van der Waals surface area (Å²) in [6.45, 7) is 0.00325. The molecule has 1 aromatic heterocycles. The Balaban J connectivity index is 1.77. The molecule has 6 nitrogen and oxygen atoms in total. The molecular weight excluding hydrogens is 282 g/mol. The molecule has 0 spiro atoms. The highest BCUT2D eigenvalue weighted by atomic mass is 16.5. The van der Waals surface area contributed by atoms with E-state index in [1.807, 2.05) is 22.9 Å². The van der Waals surface area contributed by atoms with E-state index in [-0.39, 0.29) is 18.5 Å². The van der Waals surface area contributed by atoms with Crippen molar-refractivity contribution in [1.29, 1.82) is 0 Å². The number of carbonyl (C=O) groups is 2. The summed E-state index contributed by atoms with van der Waals surface area (Å²) in [6.07, 6.45) is 7.12. The van der Waals surface area contributed by atoms with E-state index in [0.717, 1.165) is 18.5 Å². The van der Waals surface area contributed by atoms with Gasteiger partial charge in [0, 0.05) is 29.7 Å². The minimum absolute atomic E-state index is 0.00325. The average molecular weight is 299 g/mol. The molecule has 0 unspecified atom stereocenters. The van der Waals surface area contributed by atoms with Crippen molar-refractivity contribution in [3.63, 3.8) is 0 Å². The number of ether oxygens (including phenoxy) is 1. The molecule has 3 rings (SSSR count). The van der Waals surface area contributed by atoms with Gasteiger partial charge >= 0.3 is 5.97 Å². The summed E-state index contributed by atoms with van der Waals surface area (Å²) < 4.78 is 6.53. The van der Waals surface area contributed by atoms with Crippen molar-refractivity contribution in [1.82, 2.24) is 14.5 Å². The Hall–Kier alpha value is -2.63. The number of esters is 1. The minimum Gasteiger partial charge on any atom is -0.468 e. The van der Waals surface area contributed by atoms with Crippen molar-refractivity contribution in [2.75, 3.05) is 13.7 Å². The molecule has 1 saturated carbocycles. The second-order valence-electron chi connectivity index (χ2n) is 5.26. The molecule has 1 aliphatic rings. The monoisotopic (exact) mass is 299 g/mol. The largest absolute Gasteiger partial charge is 0.468 e. The van der Waals surface area contributed by atoms with Gasteiger partial charge in [-0.1, -0.05) is 0 Å². The molecule has 22 heavy (non-hydrogen) atoms. The normalized spacial score (nSPS) is 13.7. The van der Waals surface area contributed by atoms with Crippen LogP contribution in [0.5, 0.6) is 0 Å². The summed E-state index contributed by atoms with van der Waals surface area (Å²) in [6, 6.07) is 7.41. The number of carbonyl (C=O) groups excluding carboxylic acids is 2. The van der Waals surface area contributed by atoms with Crippen molar-refractivity contribution in [3.8, 4) is 5.69 Å². The van der Waals surface area contributed by atoms with Crippen molar-refractivity contribution in [3.05, 3.63) is 48.5 Å². The molecule has 1 aliphatic carbocycles. The Morgan fingerprint density at radius 3 is 2.59 bits per heavy atom. The molecule has 2 aromatic rings. The van der Waals surface area contributed by atoms with Gasteiger partial charge in [0.15, 0.2) is 0 Å². The quantitative estimate of drug-likeness (QED) is 0.788. The molecule has 0 atom stereocenters. The van der Waals surface area contributed by atoms with E-state index in [0.29, 0.717) is 5.56 Å². The molecule has 1 heterocycles. The van der Waals surface area contributed by atoms with E-state index >= 15 is 0 Å². The molecule has 0 aliphatic heterocycles. The lowest BCUT2D eigenvalue weighted by atomic mass is 10.1. The number of rotatable bonds is 5. The first-order valence-electron chi connectivity index (χ1n) is 7.15. The number of benzene rings is 1. The van der Waals surface area contributed by atoms with Crippen LogP contribution in [0.25, 0.3) is 5.69 Å². The Morgan fingerprint density at radius 1 is 1.32 bits per heavy atom. The predicted octanol–water partition coefficient (Wildman–Crippen LogP) is 1.65. The first kappa shape index (κ1) is 14.3. The predicted molar refractivity (Wildman–Crippen MR) is 79.6 cm³/mol.